The third kappa shape index (κ3) is 3.08. The van der Waals surface area contributed by atoms with Crippen LogP contribution in [0.3, 0.4) is 0 Å². The monoisotopic (exact) mass is 156 g/mol. The predicted octanol–water partition coefficient (Wildman–Crippen LogP) is 2.73. The zero-order valence-corrected chi connectivity index (χ0v) is 5.65. The average molecular weight is 157 g/mol. The van der Waals surface area contributed by atoms with Crippen molar-refractivity contribution < 1.29 is 0 Å². The van der Waals surface area contributed by atoms with E-state index in [4.69, 9.17) is 0 Å². The summed E-state index contributed by atoms with van der Waals surface area (Å²) in [7, 11) is 1.39. The molecule has 0 saturated heterocycles. The van der Waals surface area contributed by atoms with Crippen LogP contribution in [0.2, 0.25) is 0 Å². The Morgan fingerprint density at radius 1 is 1.75 bits per heavy atom. The van der Waals surface area contributed by atoms with Gasteiger partial charge in [0.15, 0.2) is 0 Å². The van der Waals surface area contributed by atoms with Crippen LogP contribution in [0, 0.1) is 0 Å². The van der Waals surface area contributed by atoms with Crippen molar-refractivity contribution in [1.29, 1.82) is 0 Å². The van der Waals surface area contributed by atoms with E-state index >= 15 is 0 Å². The van der Waals surface area contributed by atoms with Gasteiger partial charge in [-0.2, -0.15) is 0 Å². The lowest BCUT2D eigenvalue weighted by Gasteiger charge is -1.44. The number of halogens is 1. The van der Waals surface area contributed by atoms with Crippen LogP contribution < -0.4 is 0 Å². The van der Waals surface area contributed by atoms with Gasteiger partial charge < -0.3 is 0 Å². The molecule has 0 fully saturated rings. The first kappa shape index (κ1) is 5.08. The zero-order valence-electron chi connectivity index (χ0n) is 2.27. The highest BCUT2D eigenvalue weighted by Gasteiger charge is 1.39. The fraction of sp³-hybridized carbons (Fsp3) is 1.00. The van der Waals surface area contributed by atoms with E-state index in [2.05, 4.69) is 22.2 Å². The predicted molar refractivity (Wildman–Crippen MR) is 28.7 cm³/mol. The fourth-order valence-electron chi connectivity index (χ4n) is 0. The van der Waals surface area contributed by atoms with Crippen molar-refractivity contribution in [2.45, 2.75) is 0 Å². The quantitative estimate of drug-likeness (QED) is 0.474. The minimum absolute atomic E-state index is 1.28. The van der Waals surface area contributed by atoms with Crippen LogP contribution in [-0.2, 0) is 0 Å². The SMILES string of the molecule is CP=PBr. The topological polar surface area (TPSA) is 0 Å². The zero-order chi connectivity index (χ0) is 3.41. The molecule has 0 aromatic heterocycles. The van der Waals surface area contributed by atoms with Crippen molar-refractivity contribution in [3.63, 3.8) is 0 Å². The first-order valence-electron chi connectivity index (χ1n) is 0.816. The Morgan fingerprint density at radius 2 is 2.00 bits per heavy atom. The Bertz CT molecular complexity index is 21.2. The molecule has 0 saturated carbocycles. The molecule has 0 aromatic rings. The van der Waals surface area contributed by atoms with Crippen LogP contribution in [0.1, 0.15) is 0 Å². The Kier molecular flexibility index (Phi) is 5.18. The molecular weight excluding hydrogens is 154 g/mol. The van der Waals surface area contributed by atoms with Crippen LogP contribution in [0.15, 0.2) is 0 Å². The average Bonchev–Trinajstić information content (AvgIpc) is 1.37. The Hall–Kier alpha value is 1.08. The molecule has 0 amide bonds. The van der Waals surface area contributed by atoms with E-state index in [1.165, 1.54) is 14.4 Å². The van der Waals surface area contributed by atoms with Gasteiger partial charge in [0.25, 0.3) is 0 Å². The summed E-state index contributed by atoms with van der Waals surface area (Å²) in [5, 5.41) is 0. The lowest BCUT2D eigenvalue weighted by atomic mass is 12.0. The van der Waals surface area contributed by atoms with Gasteiger partial charge in [-0.05, 0) is 22.2 Å². The van der Waals surface area contributed by atoms with Crippen molar-refractivity contribution >= 4 is 29.9 Å². The molecule has 0 aliphatic carbocycles. The van der Waals surface area contributed by atoms with Crippen LogP contribution in [0.25, 0.3) is 0 Å². The summed E-state index contributed by atoms with van der Waals surface area (Å²) >= 11 is 3.21. The van der Waals surface area contributed by atoms with Crippen molar-refractivity contribution in [2.24, 2.45) is 0 Å². The molecule has 3 heteroatoms. The van der Waals surface area contributed by atoms with E-state index in [1.807, 2.05) is 0 Å². The maximum absolute atomic E-state index is 3.21. The van der Waals surface area contributed by atoms with Gasteiger partial charge in [-0.25, -0.2) is 0 Å². The third-order valence-electron chi connectivity index (χ3n) is 0.0756. The molecular formula is CH3BrP2. The molecule has 0 aliphatic rings. The summed E-state index contributed by atoms with van der Waals surface area (Å²) in [6, 6.07) is 0. The molecule has 24 valence electrons. The molecule has 0 aliphatic heterocycles. The van der Waals surface area contributed by atoms with Gasteiger partial charge in [-0.1, -0.05) is 7.87 Å². The summed E-state index contributed by atoms with van der Waals surface area (Å²) in [6.45, 7) is 3.38. The van der Waals surface area contributed by atoms with Gasteiger partial charge in [-0.3, -0.25) is 0 Å². The summed E-state index contributed by atoms with van der Waals surface area (Å²) in [5.41, 5.74) is 0. The molecule has 0 N–H and O–H groups in total. The van der Waals surface area contributed by atoms with Gasteiger partial charge in [0.05, 0.1) is 0 Å². The van der Waals surface area contributed by atoms with Crippen molar-refractivity contribution in [1.82, 2.24) is 0 Å². The second-order valence-corrected chi connectivity index (χ2v) is 5.34. The van der Waals surface area contributed by atoms with Crippen LogP contribution in [0.4, 0.5) is 0 Å². The minimum atomic E-state index is 1.28. The van der Waals surface area contributed by atoms with E-state index in [0.29, 0.717) is 0 Å². The highest BCUT2D eigenvalue weighted by molar-refractivity contribution is 9.37. The molecule has 0 atom stereocenters. The molecule has 0 nitrogen and oxygen atoms in total. The number of rotatable bonds is 0. The highest BCUT2D eigenvalue weighted by atomic mass is 79.9. The molecule has 0 bridgehead atoms. The van der Waals surface area contributed by atoms with Crippen molar-refractivity contribution in [2.75, 3.05) is 6.66 Å². The molecule has 0 spiro atoms. The van der Waals surface area contributed by atoms with Crippen LogP contribution in [-0.4, -0.2) is 6.66 Å². The van der Waals surface area contributed by atoms with Gasteiger partial charge >= 0.3 is 0 Å². The minimum Gasteiger partial charge on any atom is -0.0671 e. The molecule has 0 unspecified atom stereocenters. The maximum Gasteiger partial charge on any atom is 0.00337 e. The molecule has 0 heterocycles. The largest absolute Gasteiger partial charge is 0.0671 e. The van der Waals surface area contributed by atoms with Gasteiger partial charge in [0.1, 0.15) is 0 Å². The van der Waals surface area contributed by atoms with E-state index < -0.39 is 0 Å². The van der Waals surface area contributed by atoms with Crippen molar-refractivity contribution in [3.8, 4) is 0 Å². The van der Waals surface area contributed by atoms with Gasteiger partial charge in [0, 0.05) is 6.57 Å². The van der Waals surface area contributed by atoms with E-state index in [0.717, 1.165) is 0 Å². The first-order chi connectivity index (χ1) is 1.91. The van der Waals surface area contributed by atoms with E-state index in [9.17, 15) is 0 Å². The second-order valence-electron chi connectivity index (χ2n) is 0.276. The summed E-state index contributed by atoms with van der Waals surface area (Å²) in [5.74, 6) is 0. The maximum atomic E-state index is 3.21. The van der Waals surface area contributed by atoms with E-state index in [1.54, 1.807) is 0 Å². The van der Waals surface area contributed by atoms with Crippen LogP contribution in [0.5, 0.6) is 0 Å². The van der Waals surface area contributed by atoms with Gasteiger partial charge in [0.2, 0.25) is 0 Å². The smallest absolute Gasteiger partial charge is 0.00337 e. The Balaban J connectivity index is 2.55. The van der Waals surface area contributed by atoms with Crippen molar-refractivity contribution in [3.05, 3.63) is 0 Å². The fourth-order valence-corrected chi connectivity index (χ4v) is 0. The third-order valence-corrected chi connectivity index (χ3v) is 3.54. The lowest BCUT2D eigenvalue weighted by molar-refractivity contribution is 2.52. The highest BCUT2D eigenvalue weighted by Crippen LogP contribution is 2.18. The molecule has 0 rings (SSSR count). The summed E-state index contributed by atoms with van der Waals surface area (Å²) < 4.78 is 0. The normalized spacial score (nSPS) is 9.50. The molecule has 4 heavy (non-hydrogen) atoms. The summed E-state index contributed by atoms with van der Waals surface area (Å²) in [4.78, 5) is 0. The Labute approximate surface area is 37.1 Å². The Morgan fingerprint density at radius 3 is 2.00 bits per heavy atom. The number of hydrogen-bond donors (Lipinski definition) is 0. The molecule has 0 aromatic carbocycles. The number of hydrogen-bond acceptors (Lipinski definition) is 0. The van der Waals surface area contributed by atoms with Crippen LogP contribution >= 0.6 is 29.9 Å². The first-order valence-corrected chi connectivity index (χ1v) is 5.78. The second kappa shape index (κ2) is 4.08. The van der Waals surface area contributed by atoms with Gasteiger partial charge in [-0.15, -0.1) is 0 Å². The standard InChI is InChI=1S/CH3BrP2/c1-3-4-2/h1H3. The van der Waals surface area contributed by atoms with E-state index in [-0.39, 0.29) is 0 Å². The lowest BCUT2D eigenvalue weighted by Crippen LogP contribution is -0.927. The summed E-state index contributed by atoms with van der Waals surface area (Å²) in [6.07, 6.45) is 0. The molecule has 0 radical (unpaired) electrons.